The van der Waals surface area contributed by atoms with E-state index < -0.39 is 5.54 Å². The molecule has 2 aromatic rings. The highest BCUT2D eigenvalue weighted by atomic mass is 79.9. The van der Waals surface area contributed by atoms with Gasteiger partial charge in [-0.1, -0.05) is 63.4 Å². The molecule has 0 aromatic heterocycles. The molecule has 18 heavy (non-hydrogen) atoms. The number of hydrogen-bond acceptors (Lipinski definition) is 1. The van der Waals surface area contributed by atoms with Gasteiger partial charge in [-0.3, -0.25) is 0 Å². The molecule has 94 valence electrons. The van der Waals surface area contributed by atoms with Crippen LogP contribution >= 0.6 is 39.1 Å². The van der Waals surface area contributed by atoms with Crippen LogP contribution in [0.25, 0.3) is 0 Å². The molecule has 0 amide bonds. The summed E-state index contributed by atoms with van der Waals surface area (Å²) in [6, 6.07) is 13.4. The molecule has 2 rings (SSSR count). The maximum Gasteiger partial charge on any atom is 0.0652 e. The van der Waals surface area contributed by atoms with Gasteiger partial charge >= 0.3 is 0 Å². The van der Waals surface area contributed by atoms with E-state index in [0.717, 1.165) is 15.6 Å². The van der Waals surface area contributed by atoms with Gasteiger partial charge in [0, 0.05) is 4.47 Å². The van der Waals surface area contributed by atoms with Crippen LogP contribution < -0.4 is 5.73 Å². The summed E-state index contributed by atoms with van der Waals surface area (Å²) in [6.45, 7) is 1.92. The third-order valence-electron chi connectivity index (χ3n) is 2.94. The fraction of sp³-hybridized carbons (Fsp3) is 0.143. The van der Waals surface area contributed by atoms with E-state index in [1.807, 2.05) is 43.3 Å². The van der Waals surface area contributed by atoms with Crippen molar-refractivity contribution < 1.29 is 0 Å². The van der Waals surface area contributed by atoms with Gasteiger partial charge < -0.3 is 5.73 Å². The Morgan fingerprint density at radius 1 is 1.11 bits per heavy atom. The first-order chi connectivity index (χ1) is 8.43. The lowest BCUT2D eigenvalue weighted by Crippen LogP contribution is -2.34. The van der Waals surface area contributed by atoms with Crippen molar-refractivity contribution in [2.45, 2.75) is 12.5 Å². The summed E-state index contributed by atoms with van der Waals surface area (Å²) in [6.07, 6.45) is 0. The zero-order chi connectivity index (χ0) is 13.3. The second-order valence-electron chi connectivity index (χ2n) is 4.31. The van der Waals surface area contributed by atoms with E-state index in [1.165, 1.54) is 0 Å². The largest absolute Gasteiger partial charge is 0.318 e. The van der Waals surface area contributed by atoms with Crippen LogP contribution in [0.4, 0.5) is 0 Å². The van der Waals surface area contributed by atoms with E-state index in [0.29, 0.717) is 10.0 Å². The van der Waals surface area contributed by atoms with Gasteiger partial charge in [-0.25, -0.2) is 0 Å². The molecule has 0 aliphatic heterocycles. The molecule has 0 radical (unpaired) electrons. The molecule has 2 aromatic carbocycles. The Morgan fingerprint density at radius 3 is 2.44 bits per heavy atom. The smallest absolute Gasteiger partial charge is 0.0652 e. The molecule has 1 nitrogen and oxygen atoms in total. The Bertz CT molecular complexity index is 582. The molecule has 1 atom stereocenters. The number of halogens is 3. The van der Waals surface area contributed by atoms with E-state index in [9.17, 15) is 0 Å². The van der Waals surface area contributed by atoms with Crippen LogP contribution in [0.5, 0.6) is 0 Å². The third kappa shape index (κ3) is 2.57. The monoisotopic (exact) mass is 343 g/mol. The standard InChI is InChI=1S/C14H12BrCl2N/c1-14(18,9-4-2-5-10(15)8-9)11-6-3-7-12(16)13(11)17/h2-8H,18H2,1H3. The van der Waals surface area contributed by atoms with Gasteiger partial charge in [-0.05, 0) is 36.2 Å². The van der Waals surface area contributed by atoms with Gasteiger partial charge in [-0.15, -0.1) is 0 Å². The molecular weight excluding hydrogens is 333 g/mol. The quantitative estimate of drug-likeness (QED) is 0.817. The first-order valence-corrected chi connectivity index (χ1v) is 6.97. The van der Waals surface area contributed by atoms with E-state index in [-0.39, 0.29) is 0 Å². The SMILES string of the molecule is CC(N)(c1cccc(Br)c1)c1cccc(Cl)c1Cl. The molecule has 0 aliphatic rings. The summed E-state index contributed by atoms with van der Waals surface area (Å²) >= 11 is 15.7. The molecule has 4 heteroatoms. The maximum absolute atomic E-state index is 6.43. The number of nitrogens with two attached hydrogens (primary N) is 1. The van der Waals surface area contributed by atoms with E-state index >= 15 is 0 Å². The second-order valence-corrected chi connectivity index (χ2v) is 6.01. The van der Waals surface area contributed by atoms with Gasteiger partial charge in [0.1, 0.15) is 0 Å². The summed E-state index contributed by atoms with van der Waals surface area (Å²) in [5.41, 5.74) is 7.53. The van der Waals surface area contributed by atoms with Gasteiger partial charge in [0.25, 0.3) is 0 Å². The minimum absolute atomic E-state index is 0.504. The predicted octanol–water partition coefficient (Wildman–Crippen LogP) is 4.98. The molecule has 0 heterocycles. The van der Waals surface area contributed by atoms with Crippen molar-refractivity contribution in [3.8, 4) is 0 Å². The molecule has 0 aliphatic carbocycles. The van der Waals surface area contributed by atoms with E-state index in [4.69, 9.17) is 28.9 Å². The Morgan fingerprint density at radius 2 is 1.78 bits per heavy atom. The fourth-order valence-electron chi connectivity index (χ4n) is 1.87. The average Bonchev–Trinajstić information content (AvgIpc) is 2.32. The highest BCUT2D eigenvalue weighted by Crippen LogP contribution is 2.36. The number of hydrogen-bond donors (Lipinski definition) is 1. The van der Waals surface area contributed by atoms with Gasteiger partial charge in [0.05, 0.1) is 15.6 Å². The Labute approximate surface area is 125 Å². The highest BCUT2D eigenvalue weighted by molar-refractivity contribution is 9.10. The first kappa shape index (κ1) is 13.9. The van der Waals surface area contributed by atoms with Crippen LogP contribution in [-0.4, -0.2) is 0 Å². The molecule has 0 bridgehead atoms. The van der Waals surface area contributed by atoms with E-state index in [1.54, 1.807) is 6.07 Å². The first-order valence-electron chi connectivity index (χ1n) is 5.42. The van der Waals surface area contributed by atoms with Crippen LogP contribution in [0, 0.1) is 0 Å². The van der Waals surface area contributed by atoms with Crippen LogP contribution in [0.3, 0.4) is 0 Å². The van der Waals surface area contributed by atoms with E-state index in [2.05, 4.69) is 15.9 Å². The minimum Gasteiger partial charge on any atom is -0.318 e. The van der Waals surface area contributed by atoms with Crippen molar-refractivity contribution >= 4 is 39.1 Å². The number of rotatable bonds is 2. The lowest BCUT2D eigenvalue weighted by molar-refractivity contribution is 0.603. The summed E-state index contributed by atoms with van der Waals surface area (Å²) < 4.78 is 0.981. The molecule has 2 N–H and O–H groups in total. The second kappa shape index (κ2) is 5.22. The predicted molar refractivity (Wildman–Crippen MR) is 81.2 cm³/mol. The van der Waals surface area contributed by atoms with Crippen LogP contribution in [-0.2, 0) is 5.54 Å². The summed E-state index contributed by atoms with van der Waals surface area (Å²) in [5.74, 6) is 0. The van der Waals surface area contributed by atoms with Gasteiger partial charge in [-0.2, -0.15) is 0 Å². The Kier molecular flexibility index (Phi) is 4.02. The summed E-state index contributed by atoms with van der Waals surface area (Å²) in [4.78, 5) is 0. The molecule has 0 fully saturated rings. The zero-order valence-electron chi connectivity index (χ0n) is 9.75. The summed E-state index contributed by atoms with van der Waals surface area (Å²) in [7, 11) is 0. The molecule has 1 unspecified atom stereocenters. The molecular formula is C14H12BrCl2N. The van der Waals surface area contributed by atoms with Crippen LogP contribution in [0.2, 0.25) is 10.0 Å². The zero-order valence-corrected chi connectivity index (χ0v) is 12.9. The molecule has 0 saturated carbocycles. The van der Waals surface area contributed by atoms with Crippen molar-refractivity contribution in [1.82, 2.24) is 0 Å². The summed E-state index contributed by atoms with van der Waals surface area (Å²) in [5, 5.41) is 1.02. The van der Waals surface area contributed by atoms with Crippen molar-refractivity contribution in [2.75, 3.05) is 0 Å². The Hall–Kier alpha value is -0.540. The lowest BCUT2D eigenvalue weighted by Gasteiger charge is -2.27. The topological polar surface area (TPSA) is 26.0 Å². The van der Waals surface area contributed by atoms with Gasteiger partial charge in [0.15, 0.2) is 0 Å². The average molecular weight is 345 g/mol. The van der Waals surface area contributed by atoms with Crippen molar-refractivity contribution in [3.05, 3.63) is 68.1 Å². The lowest BCUT2D eigenvalue weighted by atomic mass is 9.86. The third-order valence-corrected chi connectivity index (χ3v) is 4.25. The van der Waals surface area contributed by atoms with Crippen molar-refractivity contribution in [1.29, 1.82) is 0 Å². The molecule has 0 saturated heterocycles. The number of benzene rings is 2. The minimum atomic E-state index is -0.689. The highest BCUT2D eigenvalue weighted by Gasteiger charge is 2.27. The fourth-order valence-corrected chi connectivity index (χ4v) is 2.77. The molecule has 0 spiro atoms. The maximum atomic E-state index is 6.43. The normalized spacial score (nSPS) is 14.3. The van der Waals surface area contributed by atoms with Crippen LogP contribution in [0.15, 0.2) is 46.9 Å². The Balaban J connectivity index is 2.57. The van der Waals surface area contributed by atoms with Crippen molar-refractivity contribution in [3.63, 3.8) is 0 Å². The van der Waals surface area contributed by atoms with Crippen molar-refractivity contribution in [2.24, 2.45) is 5.73 Å². The van der Waals surface area contributed by atoms with Crippen LogP contribution in [0.1, 0.15) is 18.1 Å². The van der Waals surface area contributed by atoms with Gasteiger partial charge in [0.2, 0.25) is 0 Å².